The summed E-state index contributed by atoms with van der Waals surface area (Å²) in [5.74, 6) is -4.07. The van der Waals surface area contributed by atoms with Gasteiger partial charge in [-0.05, 0) is 17.7 Å². The van der Waals surface area contributed by atoms with Crippen molar-refractivity contribution >= 4 is 5.97 Å². The molecule has 0 radical (unpaired) electrons. The van der Waals surface area contributed by atoms with Crippen LogP contribution in [0.25, 0.3) is 0 Å². The molecule has 1 unspecified atom stereocenters. The van der Waals surface area contributed by atoms with Crippen molar-refractivity contribution in [3.05, 3.63) is 35.1 Å². The number of carbonyl (C=O) groups is 1. The molecule has 0 spiro atoms. The summed E-state index contributed by atoms with van der Waals surface area (Å²) >= 11 is 0. The Morgan fingerprint density at radius 3 is 2.41 bits per heavy atom. The van der Waals surface area contributed by atoms with E-state index in [1.165, 1.54) is 0 Å². The van der Waals surface area contributed by atoms with Crippen molar-refractivity contribution in [2.75, 3.05) is 6.54 Å². The fourth-order valence-corrected chi connectivity index (χ4v) is 1.44. The lowest BCUT2D eigenvalue weighted by molar-refractivity contribution is -0.141. The first kappa shape index (κ1) is 13.4. The van der Waals surface area contributed by atoms with Crippen LogP contribution in [0.5, 0.6) is 0 Å². The second-order valence-electron chi connectivity index (χ2n) is 3.36. The highest BCUT2D eigenvalue weighted by molar-refractivity contribution is 5.77. The van der Waals surface area contributed by atoms with Gasteiger partial charge in [-0.15, -0.1) is 0 Å². The molecule has 1 rings (SSSR count). The molecule has 1 aromatic rings. The van der Waals surface area contributed by atoms with E-state index in [4.69, 9.17) is 10.8 Å². The molecule has 0 saturated carbocycles. The van der Waals surface area contributed by atoms with E-state index in [-0.39, 0.29) is 6.07 Å². The van der Waals surface area contributed by atoms with Crippen LogP contribution in [0.4, 0.5) is 17.6 Å². The fourth-order valence-electron chi connectivity index (χ4n) is 1.44. The van der Waals surface area contributed by atoms with Gasteiger partial charge in [-0.1, -0.05) is 6.07 Å². The lowest BCUT2D eigenvalue weighted by Gasteiger charge is -2.17. The number of nitrogens with two attached hydrogens (primary N) is 1. The highest BCUT2D eigenvalue weighted by Crippen LogP contribution is 2.35. The quantitative estimate of drug-likeness (QED) is 0.807. The standard InChI is InChI=1S/C10H9F4NO2/c11-5-1-2-6(7(4-15)9(16)17)8(3-5)10(12,13)14/h1-3,7H,4,15H2,(H,16,17). The maximum absolute atomic E-state index is 12.8. The van der Waals surface area contributed by atoms with E-state index in [1.54, 1.807) is 0 Å². The molecule has 1 aromatic carbocycles. The molecule has 0 aliphatic heterocycles. The maximum atomic E-state index is 12.8. The monoisotopic (exact) mass is 251 g/mol. The van der Waals surface area contributed by atoms with Crippen LogP contribution in [0.1, 0.15) is 17.0 Å². The SMILES string of the molecule is NCC(C(=O)O)c1ccc(F)cc1C(F)(F)F. The normalized spacial score (nSPS) is 13.5. The molecule has 0 aliphatic carbocycles. The minimum absolute atomic E-state index is 0.265. The number of aliphatic carboxylic acids is 1. The molecule has 94 valence electrons. The van der Waals surface area contributed by atoms with Gasteiger partial charge >= 0.3 is 12.1 Å². The van der Waals surface area contributed by atoms with Crippen LogP contribution in [0, 0.1) is 5.82 Å². The van der Waals surface area contributed by atoms with Gasteiger partial charge in [0.1, 0.15) is 5.82 Å². The summed E-state index contributed by atoms with van der Waals surface area (Å²) in [6.45, 7) is -0.496. The van der Waals surface area contributed by atoms with Gasteiger partial charge in [0.25, 0.3) is 0 Å². The van der Waals surface area contributed by atoms with Crippen molar-refractivity contribution in [3.8, 4) is 0 Å². The number of carboxylic acid groups (broad SMARTS) is 1. The van der Waals surface area contributed by atoms with E-state index in [0.717, 1.165) is 12.1 Å². The van der Waals surface area contributed by atoms with E-state index in [2.05, 4.69) is 0 Å². The van der Waals surface area contributed by atoms with E-state index in [0.29, 0.717) is 0 Å². The molecular weight excluding hydrogens is 242 g/mol. The molecule has 7 heteroatoms. The summed E-state index contributed by atoms with van der Waals surface area (Å²) in [4.78, 5) is 10.8. The lowest BCUT2D eigenvalue weighted by Crippen LogP contribution is -2.24. The topological polar surface area (TPSA) is 63.3 Å². The maximum Gasteiger partial charge on any atom is 0.416 e. The number of carboxylic acids is 1. The fraction of sp³-hybridized carbons (Fsp3) is 0.300. The number of halogens is 4. The van der Waals surface area contributed by atoms with Crippen molar-refractivity contribution in [2.24, 2.45) is 5.73 Å². The third-order valence-corrected chi connectivity index (χ3v) is 2.23. The molecule has 0 bridgehead atoms. The van der Waals surface area contributed by atoms with Crippen LogP contribution >= 0.6 is 0 Å². The Morgan fingerprint density at radius 2 is 2.00 bits per heavy atom. The average molecular weight is 251 g/mol. The Balaban J connectivity index is 3.37. The Morgan fingerprint density at radius 1 is 1.41 bits per heavy atom. The zero-order chi connectivity index (χ0) is 13.2. The van der Waals surface area contributed by atoms with Crippen molar-refractivity contribution in [3.63, 3.8) is 0 Å². The second-order valence-corrected chi connectivity index (χ2v) is 3.36. The van der Waals surface area contributed by atoms with E-state index in [9.17, 15) is 22.4 Å². The van der Waals surface area contributed by atoms with Gasteiger partial charge in [0.2, 0.25) is 0 Å². The molecule has 3 N–H and O–H groups in total. The Hall–Kier alpha value is -1.63. The molecule has 1 atom stereocenters. The van der Waals surface area contributed by atoms with Gasteiger partial charge < -0.3 is 10.8 Å². The molecule has 17 heavy (non-hydrogen) atoms. The van der Waals surface area contributed by atoms with Crippen LogP contribution in [-0.4, -0.2) is 17.6 Å². The van der Waals surface area contributed by atoms with Gasteiger partial charge in [-0.25, -0.2) is 4.39 Å². The first-order chi connectivity index (χ1) is 7.77. The molecule has 0 heterocycles. The number of hydrogen-bond acceptors (Lipinski definition) is 2. The van der Waals surface area contributed by atoms with E-state index >= 15 is 0 Å². The van der Waals surface area contributed by atoms with Crippen molar-refractivity contribution < 1.29 is 27.5 Å². The van der Waals surface area contributed by atoms with Crippen LogP contribution in [-0.2, 0) is 11.0 Å². The van der Waals surface area contributed by atoms with Gasteiger partial charge in [-0.2, -0.15) is 13.2 Å². The number of hydrogen-bond donors (Lipinski definition) is 2. The Kier molecular flexibility index (Phi) is 3.72. The predicted molar refractivity (Wildman–Crippen MR) is 50.8 cm³/mol. The smallest absolute Gasteiger partial charge is 0.416 e. The minimum atomic E-state index is -4.82. The summed E-state index contributed by atoms with van der Waals surface area (Å²) < 4.78 is 50.5. The molecule has 0 saturated heterocycles. The molecule has 0 amide bonds. The summed E-state index contributed by atoms with van der Waals surface area (Å²) in [6, 6.07) is 1.83. The van der Waals surface area contributed by atoms with Crippen LogP contribution in [0.3, 0.4) is 0 Å². The van der Waals surface area contributed by atoms with Gasteiger partial charge in [0.15, 0.2) is 0 Å². The summed E-state index contributed by atoms with van der Waals surface area (Å²) in [7, 11) is 0. The predicted octanol–water partition coefficient (Wildman–Crippen LogP) is 1.97. The molecule has 0 aliphatic rings. The number of rotatable bonds is 3. The highest BCUT2D eigenvalue weighted by Gasteiger charge is 2.37. The largest absolute Gasteiger partial charge is 0.481 e. The first-order valence-electron chi connectivity index (χ1n) is 4.57. The third kappa shape index (κ3) is 2.94. The first-order valence-corrected chi connectivity index (χ1v) is 4.57. The molecule has 0 aromatic heterocycles. The minimum Gasteiger partial charge on any atom is -0.481 e. The second kappa shape index (κ2) is 4.70. The van der Waals surface area contributed by atoms with Gasteiger partial charge in [0, 0.05) is 6.54 Å². The molecule has 0 fully saturated rings. The van der Waals surface area contributed by atoms with Crippen molar-refractivity contribution in [1.82, 2.24) is 0 Å². The van der Waals surface area contributed by atoms with Crippen molar-refractivity contribution in [1.29, 1.82) is 0 Å². The summed E-state index contributed by atoms with van der Waals surface area (Å²) in [6.07, 6.45) is -4.82. The summed E-state index contributed by atoms with van der Waals surface area (Å²) in [5.41, 5.74) is 3.27. The van der Waals surface area contributed by atoms with E-state index in [1.807, 2.05) is 0 Å². The van der Waals surface area contributed by atoms with E-state index < -0.39 is 41.6 Å². The average Bonchev–Trinajstić information content (AvgIpc) is 2.19. The Labute approximate surface area is 93.8 Å². The zero-order valence-electron chi connectivity index (χ0n) is 8.46. The molecule has 3 nitrogen and oxygen atoms in total. The van der Waals surface area contributed by atoms with Gasteiger partial charge in [-0.3, -0.25) is 4.79 Å². The third-order valence-electron chi connectivity index (χ3n) is 2.23. The molecular formula is C10H9F4NO2. The van der Waals surface area contributed by atoms with Crippen LogP contribution in [0.15, 0.2) is 18.2 Å². The summed E-state index contributed by atoms with van der Waals surface area (Å²) in [5, 5.41) is 8.75. The van der Waals surface area contributed by atoms with Crippen molar-refractivity contribution in [2.45, 2.75) is 12.1 Å². The Bertz CT molecular complexity index is 431. The number of benzene rings is 1. The highest BCUT2D eigenvalue weighted by atomic mass is 19.4. The van der Waals surface area contributed by atoms with Gasteiger partial charge in [0.05, 0.1) is 11.5 Å². The van der Waals surface area contributed by atoms with Crippen LogP contribution < -0.4 is 5.73 Å². The lowest BCUT2D eigenvalue weighted by atomic mass is 9.94. The zero-order valence-corrected chi connectivity index (χ0v) is 8.46. The number of alkyl halides is 3. The van der Waals surface area contributed by atoms with Crippen LogP contribution in [0.2, 0.25) is 0 Å².